The average Bonchev–Trinajstić information content (AvgIpc) is 2.34. The summed E-state index contributed by atoms with van der Waals surface area (Å²) < 4.78 is 1.98. The molecule has 2 N–H and O–H groups in total. The number of para-hydroxylation sites is 1. The van der Waals surface area contributed by atoms with Crippen LogP contribution in [0.3, 0.4) is 0 Å². The fraction of sp³-hybridized carbons (Fsp3) is 0.0833. The van der Waals surface area contributed by atoms with E-state index in [-0.39, 0.29) is 0 Å². The number of rotatable bonds is 3. The second kappa shape index (κ2) is 5.51. The highest BCUT2D eigenvalue weighted by atomic mass is 79.9. The quantitative estimate of drug-likeness (QED) is 0.856. The predicted molar refractivity (Wildman–Crippen MR) is 78.9 cm³/mol. The fourth-order valence-corrected chi connectivity index (χ4v) is 2.59. The van der Waals surface area contributed by atoms with Crippen molar-refractivity contribution in [1.29, 1.82) is 0 Å². The molecule has 0 unspecified atom stereocenters. The van der Waals surface area contributed by atoms with E-state index in [1.807, 2.05) is 43.4 Å². The van der Waals surface area contributed by atoms with Crippen molar-refractivity contribution in [2.24, 2.45) is 0 Å². The summed E-state index contributed by atoms with van der Waals surface area (Å²) in [6.07, 6.45) is 0. The van der Waals surface area contributed by atoms with Crippen LogP contribution >= 0.6 is 31.9 Å². The van der Waals surface area contributed by atoms with Gasteiger partial charge in [0.2, 0.25) is 0 Å². The van der Waals surface area contributed by atoms with Gasteiger partial charge in [-0.05, 0) is 56.1 Å². The van der Waals surface area contributed by atoms with Crippen molar-refractivity contribution >= 4 is 49.2 Å². The van der Waals surface area contributed by atoms with Crippen molar-refractivity contribution in [2.75, 3.05) is 17.7 Å². The van der Waals surface area contributed by atoms with Crippen LogP contribution in [-0.4, -0.2) is 12.0 Å². The van der Waals surface area contributed by atoms with E-state index < -0.39 is 0 Å². The van der Waals surface area contributed by atoms with E-state index in [1.54, 1.807) is 0 Å². The number of benzene rings is 1. The summed E-state index contributed by atoms with van der Waals surface area (Å²) in [7, 11) is 1.85. The van der Waals surface area contributed by atoms with Crippen molar-refractivity contribution in [3.8, 4) is 0 Å². The highest BCUT2D eigenvalue weighted by molar-refractivity contribution is 9.11. The smallest absolute Gasteiger partial charge is 0.132 e. The molecule has 2 rings (SSSR count). The maximum absolute atomic E-state index is 4.40. The lowest BCUT2D eigenvalue weighted by Crippen LogP contribution is -1.98. The second-order valence-electron chi connectivity index (χ2n) is 3.38. The first-order chi connectivity index (χ1) is 8.20. The summed E-state index contributed by atoms with van der Waals surface area (Å²) in [4.78, 5) is 4.40. The van der Waals surface area contributed by atoms with E-state index in [4.69, 9.17) is 0 Å². The van der Waals surface area contributed by atoms with Crippen LogP contribution in [-0.2, 0) is 0 Å². The third-order valence-corrected chi connectivity index (χ3v) is 3.54. The minimum absolute atomic E-state index is 0.796. The molecule has 0 amide bonds. The molecule has 5 heteroatoms. The van der Waals surface area contributed by atoms with Crippen molar-refractivity contribution < 1.29 is 0 Å². The Morgan fingerprint density at radius 2 is 1.53 bits per heavy atom. The van der Waals surface area contributed by atoms with E-state index in [0.717, 1.165) is 26.3 Å². The van der Waals surface area contributed by atoms with Crippen molar-refractivity contribution in [1.82, 2.24) is 4.98 Å². The summed E-state index contributed by atoms with van der Waals surface area (Å²) in [5, 5.41) is 6.28. The molecule has 0 bridgehead atoms. The molecule has 0 aliphatic carbocycles. The Balaban J connectivity index is 2.31. The fourth-order valence-electron chi connectivity index (χ4n) is 1.39. The van der Waals surface area contributed by atoms with Gasteiger partial charge in [0.15, 0.2) is 0 Å². The van der Waals surface area contributed by atoms with Crippen LogP contribution in [0.5, 0.6) is 0 Å². The van der Waals surface area contributed by atoms with Gasteiger partial charge in [-0.1, -0.05) is 12.1 Å². The van der Waals surface area contributed by atoms with Gasteiger partial charge in [-0.2, -0.15) is 0 Å². The van der Waals surface area contributed by atoms with E-state index in [1.165, 1.54) is 0 Å². The Labute approximate surface area is 117 Å². The third kappa shape index (κ3) is 2.98. The summed E-state index contributed by atoms with van der Waals surface area (Å²) in [6.45, 7) is 0. The van der Waals surface area contributed by atoms with Crippen LogP contribution < -0.4 is 10.6 Å². The molecule has 0 aliphatic heterocycles. The Bertz CT molecular complexity index is 509. The van der Waals surface area contributed by atoms with Gasteiger partial charge in [0, 0.05) is 16.0 Å². The van der Waals surface area contributed by atoms with Crippen LogP contribution in [0.15, 0.2) is 45.3 Å². The molecule has 3 nitrogen and oxygen atoms in total. The highest BCUT2D eigenvalue weighted by Crippen LogP contribution is 2.32. The number of halogens is 2. The maximum atomic E-state index is 4.40. The van der Waals surface area contributed by atoms with Gasteiger partial charge in [-0.25, -0.2) is 4.98 Å². The van der Waals surface area contributed by atoms with Crippen molar-refractivity contribution in [2.45, 2.75) is 0 Å². The Morgan fingerprint density at radius 1 is 0.941 bits per heavy atom. The van der Waals surface area contributed by atoms with Gasteiger partial charge in [-0.15, -0.1) is 0 Å². The number of nitrogens with one attached hydrogen (secondary N) is 2. The van der Waals surface area contributed by atoms with Gasteiger partial charge < -0.3 is 10.6 Å². The van der Waals surface area contributed by atoms with Crippen LogP contribution in [0.4, 0.5) is 17.3 Å². The molecule has 2 aromatic rings. The van der Waals surface area contributed by atoms with E-state index in [0.29, 0.717) is 0 Å². The van der Waals surface area contributed by atoms with Crippen LogP contribution in [0.1, 0.15) is 0 Å². The first kappa shape index (κ1) is 12.4. The molecule has 0 radical (unpaired) electrons. The minimum atomic E-state index is 0.796. The van der Waals surface area contributed by atoms with Crippen molar-refractivity contribution in [3.63, 3.8) is 0 Å². The maximum Gasteiger partial charge on any atom is 0.132 e. The standard InChI is InChI=1S/C12H11Br2N3/c1-15-10-6-3-7-11(16-10)17-12-8(13)4-2-5-9(12)14/h2-7H,1H3,(H2,15,16,17). The van der Waals surface area contributed by atoms with E-state index in [9.17, 15) is 0 Å². The number of pyridine rings is 1. The molecule has 0 fully saturated rings. The first-order valence-electron chi connectivity index (χ1n) is 5.06. The zero-order valence-electron chi connectivity index (χ0n) is 9.17. The number of hydrogen-bond acceptors (Lipinski definition) is 3. The summed E-state index contributed by atoms with van der Waals surface area (Å²) >= 11 is 7.01. The Kier molecular flexibility index (Phi) is 4.02. The molecular formula is C12H11Br2N3. The number of nitrogens with zero attached hydrogens (tertiary/aromatic N) is 1. The second-order valence-corrected chi connectivity index (χ2v) is 5.09. The van der Waals surface area contributed by atoms with E-state index >= 15 is 0 Å². The molecule has 0 saturated heterocycles. The summed E-state index contributed by atoms with van der Waals surface area (Å²) in [5.41, 5.74) is 0.966. The van der Waals surface area contributed by atoms with Crippen LogP contribution in [0.2, 0.25) is 0 Å². The monoisotopic (exact) mass is 355 g/mol. The zero-order valence-corrected chi connectivity index (χ0v) is 12.3. The zero-order chi connectivity index (χ0) is 12.3. The first-order valence-corrected chi connectivity index (χ1v) is 6.65. The molecule has 0 atom stereocenters. The largest absolute Gasteiger partial charge is 0.373 e. The average molecular weight is 357 g/mol. The van der Waals surface area contributed by atoms with Crippen LogP contribution in [0, 0.1) is 0 Å². The predicted octanol–water partition coefficient (Wildman–Crippen LogP) is 4.39. The summed E-state index contributed by atoms with van der Waals surface area (Å²) in [6, 6.07) is 11.7. The Morgan fingerprint density at radius 3 is 2.18 bits per heavy atom. The number of aromatic nitrogens is 1. The lowest BCUT2D eigenvalue weighted by Gasteiger charge is -2.10. The minimum Gasteiger partial charge on any atom is -0.373 e. The molecule has 88 valence electrons. The molecule has 0 spiro atoms. The lowest BCUT2D eigenvalue weighted by molar-refractivity contribution is 1.27. The number of hydrogen-bond donors (Lipinski definition) is 2. The third-order valence-electron chi connectivity index (χ3n) is 2.22. The van der Waals surface area contributed by atoms with Gasteiger partial charge >= 0.3 is 0 Å². The van der Waals surface area contributed by atoms with Gasteiger partial charge in [0.25, 0.3) is 0 Å². The molecule has 1 aromatic carbocycles. The molecule has 17 heavy (non-hydrogen) atoms. The molecule has 1 aromatic heterocycles. The molecule has 0 saturated carbocycles. The van der Waals surface area contributed by atoms with Gasteiger partial charge in [0.05, 0.1) is 5.69 Å². The molecule has 0 aliphatic rings. The summed E-state index contributed by atoms with van der Waals surface area (Å²) in [5.74, 6) is 1.63. The normalized spacial score (nSPS) is 10.1. The van der Waals surface area contributed by atoms with Gasteiger partial charge in [0.1, 0.15) is 11.6 Å². The molecule has 1 heterocycles. The van der Waals surface area contributed by atoms with E-state index in [2.05, 4.69) is 47.5 Å². The van der Waals surface area contributed by atoms with Crippen molar-refractivity contribution in [3.05, 3.63) is 45.3 Å². The molecular weight excluding hydrogens is 346 g/mol. The topological polar surface area (TPSA) is 37.0 Å². The Hall–Kier alpha value is -1.07. The lowest BCUT2D eigenvalue weighted by atomic mass is 10.3. The van der Waals surface area contributed by atoms with Crippen LogP contribution in [0.25, 0.3) is 0 Å². The highest BCUT2D eigenvalue weighted by Gasteiger charge is 2.05. The van der Waals surface area contributed by atoms with Gasteiger partial charge in [-0.3, -0.25) is 0 Å². The SMILES string of the molecule is CNc1cccc(Nc2c(Br)cccc2Br)n1. The number of anilines is 3.